The van der Waals surface area contributed by atoms with Crippen molar-refractivity contribution >= 4 is 17.7 Å². The average Bonchev–Trinajstić information content (AvgIpc) is 3.13. The number of amides is 1. The van der Waals surface area contributed by atoms with Gasteiger partial charge in [0.25, 0.3) is 0 Å². The van der Waals surface area contributed by atoms with Crippen LogP contribution in [0.15, 0.2) is 29.2 Å². The molecular formula is C17H24N2OS. The molecule has 0 unspecified atom stereocenters. The molecule has 4 heteroatoms. The standard InChI is InChI=1S/C17H24N2OS/c1-3-18(2)10-13-8-9-19(11-13)17(20)15-12-21-16-7-5-4-6-14(15)16/h4-7,13,15H,3,8-12H2,1-2H3/t13-,15-/m0/s1. The number of carbonyl (C=O) groups is 1. The van der Waals surface area contributed by atoms with Gasteiger partial charge in [-0.2, -0.15) is 0 Å². The zero-order valence-corrected chi connectivity index (χ0v) is 13.7. The molecule has 0 bridgehead atoms. The minimum atomic E-state index is 0.0776. The maximum Gasteiger partial charge on any atom is 0.231 e. The summed E-state index contributed by atoms with van der Waals surface area (Å²) in [5.41, 5.74) is 1.24. The maximum absolute atomic E-state index is 12.8. The van der Waals surface area contributed by atoms with Crippen molar-refractivity contribution in [1.82, 2.24) is 9.80 Å². The number of hydrogen-bond acceptors (Lipinski definition) is 3. The number of thioether (sulfide) groups is 1. The molecule has 0 radical (unpaired) electrons. The fourth-order valence-corrected chi connectivity index (χ4v) is 4.56. The lowest BCUT2D eigenvalue weighted by molar-refractivity contribution is -0.131. The largest absolute Gasteiger partial charge is 0.342 e. The summed E-state index contributed by atoms with van der Waals surface area (Å²) in [5.74, 6) is 1.97. The molecule has 0 aliphatic carbocycles. The molecule has 1 amide bonds. The van der Waals surface area contributed by atoms with Crippen LogP contribution in [-0.4, -0.2) is 54.7 Å². The first-order valence-corrected chi connectivity index (χ1v) is 8.86. The molecule has 0 N–H and O–H groups in total. The van der Waals surface area contributed by atoms with Gasteiger partial charge in [-0.3, -0.25) is 4.79 Å². The van der Waals surface area contributed by atoms with Gasteiger partial charge in [0.1, 0.15) is 0 Å². The van der Waals surface area contributed by atoms with Crippen LogP contribution in [-0.2, 0) is 4.79 Å². The van der Waals surface area contributed by atoms with Gasteiger partial charge in [0, 0.05) is 30.3 Å². The van der Waals surface area contributed by atoms with Gasteiger partial charge < -0.3 is 9.80 Å². The topological polar surface area (TPSA) is 23.6 Å². The van der Waals surface area contributed by atoms with Crippen LogP contribution in [0.4, 0.5) is 0 Å². The Balaban J connectivity index is 1.63. The highest BCUT2D eigenvalue weighted by atomic mass is 32.2. The van der Waals surface area contributed by atoms with Crippen LogP contribution in [0.1, 0.15) is 24.8 Å². The Bertz CT molecular complexity index is 519. The number of nitrogens with zero attached hydrogens (tertiary/aromatic N) is 2. The molecule has 2 aliphatic rings. The third kappa shape index (κ3) is 3.11. The van der Waals surface area contributed by atoms with Crippen molar-refractivity contribution in [1.29, 1.82) is 0 Å². The number of fused-ring (bicyclic) bond motifs is 1. The van der Waals surface area contributed by atoms with E-state index < -0.39 is 0 Å². The molecule has 1 aromatic carbocycles. The van der Waals surface area contributed by atoms with Crippen LogP contribution in [0.3, 0.4) is 0 Å². The predicted molar refractivity (Wildman–Crippen MR) is 87.8 cm³/mol. The van der Waals surface area contributed by atoms with E-state index in [9.17, 15) is 4.79 Å². The second kappa shape index (κ2) is 6.41. The van der Waals surface area contributed by atoms with Gasteiger partial charge in [-0.15, -0.1) is 11.8 Å². The monoisotopic (exact) mass is 304 g/mol. The van der Waals surface area contributed by atoms with Crippen molar-refractivity contribution in [3.63, 3.8) is 0 Å². The molecule has 3 nitrogen and oxygen atoms in total. The van der Waals surface area contributed by atoms with Crippen LogP contribution in [0, 0.1) is 5.92 Å². The normalized spacial score (nSPS) is 24.6. The highest BCUT2D eigenvalue weighted by Gasteiger charge is 2.35. The molecular weight excluding hydrogens is 280 g/mol. The van der Waals surface area contributed by atoms with E-state index >= 15 is 0 Å². The zero-order chi connectivity index (χ0) is 14.8. The second-order valence-corrected chi connectivity index (χ2v) is 7.26. The third-order valence-electron chi connectivity index (χ3n) is 4.71. The number of hydrogen-bond donors (Lipinski definition) is 0. The van der Waals surface area contributed by atoms with E-state index in [0.717, 1.165) is 38.4 Å². The smallest absolute Gasteiger partial charge is 0.231 e. The fraction of sp³-hybridized carbons (Fsp3) is 0.588. The number of likely N-dealkylation sites (tertiary alicyclic amines) is 1. The zero-order valence-electron chi connectivity index (χ0n) is 12.9. The molecule has 0 saturated carbocycles. The number of carbonyl (C=O) groups excluding carboxylic acids is 1. The Labute approximate surface area is 131 Å². The molecule has 21 heavy (non-hydrogen) atoms. The van der Waals surface area contributed by atoms with Crippen molar-refractivity contribution in [2.45, 2.75) is 24.2 Å². The van der Waals surface area contributed by atoms with E-state index in [1.165, 1.54) is 10.5 Å². The van der Waals surface area contributed by atoms with Crippen molar-refractivity contribution in [2.75, 3.05) is 39.0 Å². The summed E-state index contributed by atoms with van der Waals surface area (Å²) in [6, 6.07) is 8.37. The van der Waals surface area contributed by atoms with Crippen molar-refractivity contribution in [2.24, 2.45) is 5.92 Å². The second-order valence-electron chi connectivity index (χ2n) is 6.20. The fourth-order valence-electron chi connectivity index (χ4n) is 3.34. The molecule has 114 valence electrons. The molecule has 1 saturated heterocycles. The van der Waals surface area contributed by atoms with Gasteiger partial charge in [0.2, 0.25) is 5.91 Å². The summed E-state index contributed by atoms with van der Waals surface area (Å²) < 4.78 is 0. The Morgan fingerprint density at radius 2 is 2.24 bits per heavy atom. The Morgan fingerprint density at radius 1 is 1.43 bits per heavy atom. The maximum atomic E-state index is 12.8. The van der Waals surface area contributed by atoms with E-state index in [2.05, 4.69) is 42.0 Å². The first-order valence-electron chi connectivity index (χ1n) is 7.88. The quantitative estimate of drug-likeness (QED) is 0.854. The average molecular weight is 304 g/mol. The van der Waals surface area contributed by atoms with Gasteiger partial charge in [-0.25, -0.2) is 0 Å². The summed E-state index contributed by atoms with van der Waals surface area (Å²) in [6.07, 6.45) is 1.15. The summed E-state index contributed by atoms with van der Waals surface area (Å²) in [7, 11) is 2.16. The van der Waals surface area contributed by atoms with Crippen molar-refractivity contribution in [3.8, 4) is 0 Å². The van der Waals surface area contributed by atoms with E-state index in [-0.39, 0.29) is 5.92 Å². The van der Waals surface area contributed by atoms with Crippen LogP contribution >= 0.6 is 11.8 Å². The van der Waals surface area contributed by atoms with Gasteiger partial charge in [0.15, 0.2) is 0 Å². The molecule has 1 fully saturated rings. The van der Waals surface area contributed by atoms with E-state index in [0.29, 0.717) is 11.8 Å². The first-order chi connectivity index (χ1) is 10.2. The lowest BCUT2D eigenvalue weighted by Crippen LogP contribution is -2.35. The lowest BCUT2D eigenvalue weighted by Gasteiger charge is -2.22. The summed E-state index contributed by atoms with van der Waals surface area (Å²) in [6.45, 7) is 6.24. The first kappa shape index (κ1) is 14.9. The summed E-state index contributed by atoms with van der Waals surface area (Å²) >= 11 is 1.82. The predicted octanol–water partition coefficient (Wildman–Crippen LogP) is 2.68. The van der Waals surface area contributed by atoms with Gasteiger partial charge in [0.05, 0.1) is 5.92 Å². The highest BCUT2D eigenvalue weighted by Crippen LogP contribution is 2.40. The SMILES string of the molecule is CCN(C)C[C@@H]1CCN(C(=O)[C@H]2CSc3ccccc32)C1. The Hall–Kier alpha value is -1.00. The molecule has 0 spiro atoms. The van der Waals surface area contributed by atoms with Crippen LogP contribution < -0.4 is 0 Å². The van der Waals surface area contributed by atoms with Crippen LogP contribution in [0.2, 0.25) is 0 Å². The van der Waals surface area contributed by atoms with E-state index in [1.807, 2.05) is 17.8 Å². The van der Waals surface area contributed by atoms with E-state index in [1.54, 1.807) is 0 Å². The van der Waals surface area contributed by atoms with Crippen molar-refractivity contribution in [3.05, 3.63) is 29.8 Å². The Kier molecular flexibility index (Phi) is 4.55. The van der Waals surface area contributed by atoms with Crippen LogP contribution in [0.25, 0.3) is 0 Å². The Morgan fingerprint density at radius 3 is 3.05 bits per heavy atom. The summed E-state index contributed by atoms with van der Waals surface area (Å²) in [4.78, 5) is 18.5. The van der Waals surface area contributed by atoms with Crippen molar-refractivity contribution < 1.29 is 4.79 Å². The molecule has 1 aromatic rings. The van der Waals surface area contributed by atoms with Gasteiger partial charge in [-0.05, 0) is 37.6 Å². The molecule has 0 aromatic heterocycles. The van der Waals surface area contributed by atoms with E-state index in [4.69, 9.17) is 0 Å². The minimum Gasteiger partial charge on any atom is -0.342 e. The van der Waals surface area contributed by atoms with Gasteiger partial charge in [-0.1, -0.05) is 25.1 Å². The highest BCUT2D eigenvalue weighted by molar-refractivity contribution is 7.99. The van der Waals surface area contributed by atoms with Crippen LogP contribution in [0.5, 0.6) is 0 Å². The molecule has 2 aliphatic heterocycles. The minimum absolute atomic E-state index is 0.0776. The third-order valence-corrected chi connectivity index (χ3v) is 5.89. The number of benzene rings is 1. The molecule has 2 heterocycles. The van der Waals surface area contributed by atoms with Gasteiger partial charge >= 0.3 is 0 Å². The lowest BCUT2D eigenvalue weighted by atomic mass is 10.00. The number of rotatable bonds is 4. The molecule has 3 rings (SSSR count). The molecule has 2 atom stereocenters. The summed E-state index contributed by atoms with van der Waals surface area (Å²) in [5, 5.41) is 0.